The lowest BCUT2D eigenvalue weighted by atomic mass is 10.0. The zero-order valence-corrected chi connectivity index (χ0v) is 16.4. The lowest BCUT2D eigenvalue weighted by molar-refractivity contribution is -0.136. The van der Waals surface area contributed by atoms with Gasteiger partial charge < -0.3 is 19.7 Å². The van der Waals surface area contributed by atoms with E-state index < -0.39 is 48.8 Å². The number of aromatic nitrogens is 1. The van der Waals surface area contributed by atoms with Gasteiger partial charge in [0.15, 0.2) is 0 Å². The molecule has 0 aliphatic rings. The number of halogens is 5. The van der Waals surface area contributed by atoms with Gasteiger partial charge in [-0.25, -0.2) is 4.39 Å². The highest BCUT2D eigenvalue weighted by Gasteiger charge is 2.26. The van der Waals surface area contributed by atoms with E-state index in [2.05, 4.69) is 9.47 Å². The van der Waals surface area contributed by atoms with Gasteiger partial charge >= 0.3 is 19.2 Å². The normalized spacial score (nSPS) is 11.6. The lowest BCUT2D eigenvalue weighted by Gasteiger charge is -2.15. The second kappa shape index (κ2) is 8.49. The topological polar surface area (TPSA) is 80.9 Å². The number of fused-ring (bicyclic) bond motifs is 2. The molecule has 4 aromatic rings. The van der Waals surface area contributed by atoms with Gasteiger partial charge in [-0.2, -0.15) is 17.6 Å². The molecule has 172 valence electrons. The summed E-state index contributed by atoms with van der Waals surface area (Å²) < 4.78 is 77.4. The number of benzene rings is 3. The maximum atomic E-state index is 14.4. The van der Waals surface area contributed by atoms with Crippen LogP contribution in [0.3, 0.4) is 0 Å². The van der Waals surface area contributed by atoms with Gasteiger partial charge in [-0.1, -0.05) is 30.3 Å². The van der Waals surface area contributed by atoms with Crippen LogP contribution in [0.5, 0.6) is 17.4 Å². The van der Waals surface area contributed by atoms with Crippen molar-refractivity contribution in [3.63, 3.8) is 0 Å². The molecule has 0 aliphatic carbocycles. The minimum atomic E-state index is -3.30. The first-order chi connectivity index (χ1) is 15.7. The summed E-state index contributed by atoms with van der Waals surface area (Å²) in [5.74, 6) is -3.72. The molecule has 1 aromatic heterocycles. The molecule has 11 heteroatoms. The predicted octanol–water partition coefficient (Wildman–Crippen LogP) is 5.46. The summed E-state index contributed by atoms with van der Waals surface area (Å²) in [6.45, 7) is -6.56. The van der Waals surface area contributed by atoms with Gasteiger partial charge in [0.2, 0.25) is 5.88 Å². The van der Waals surface area contributed by atoms with Gasteiger partial charge in [0.05, 0.1) is 22.9 Å². The molecular weight excluding hydrogens is 453 g/mol. The summed E-state index contributed by atoms with van der Waals surface area (Å²) in [5, 5.41) is 19.2. The first-order valence-electron chi connectivity index (χ1n) is 9.36. The van der Waals surface area contributed by atoms with Crippen molar-refractivity contribution in [3.05, 3.63) is 60.0 Å². The Balaban J connectivity index is 2.03. The van der Waals surface area contributed by atoms with E-state index in [4.69, 9.17) is 5.11 Å². The minimum absolute atomic E-state index is 0.0167. The first-order valence-corrected chi connectivity index (χ1v) is 9.36. The van der Waals surface area contributed by atoms with Crippen molar-refractivity contribution in [3.8, 4) is 23.1 Å². The minimum Gasteiger partial charge on any atom is -0.494 e. The molecule has 0 aliphatic heterocycles. The van der Waals surface area contributed by atoms with Crippen LogP contribution in [0, 0.1) is 5.82 Å². The molecule has 6 nitrogen and oxygen atoms in total. The van der Waals surface area contributed by atoms with Gasteiger partial charge in [-0.15, -0.1) is 0 Å². The molecular formula is C22H14F5NO5. The summed E-state index contributed by atoms with van der Waals surface area (Å²) in [4.78, 5) is 10.9. The van der Waals surface area contributed by atoms with E-state index in [0.717, 1.165) is 16.8 Å². The molecule has 0 bridgehead atoms. The maximum absolute atomic E-state index is 14.4. The van der Waals surface area contributed by atoms with Crippen molar-refractivity contribution in [1.29, 1.82) is 0 Å². The molecule has 1 heterocycles. The molecule has 0 saturated heterocycles. The van der Waals surface area contributed by atoms with E-state index in [-0.39, 0.29) is 32.8 Å². The van der Waals surface area contributed by atoms with Crippen molar-refractivity contribution in [2.75, 3.05) is 0 Å². The number of rotatable bonds is 7. The van der Waals surface area contributed by atoms with E-state index in [0.29, 0.717) is 0 Å². The Morgan fingerprint density at radius 2 is 1.55 bits per heavy atom. The number of carboxylic acid groups (broad SMARTS) is 1. The van der Waals surface area contributed by atoms with Crippen LogP contribution in [0.4, 0.5) is 22.0 Å². The second-order valence-corrected chi connectivity index (χ2v) is 6.92. The molecule has 0 fully saturated rings. The van der Waals surface area contributed by atoms with E-state index in [9.17, 15) is 31.9 Å². The highest BCUT2D eigenvalue weighted by molar-refractivity contribution is 6.13. The fourth-order valence-electron chi connectivity index (χ4n) is 3.67. The molecule has 2 N–H and O–H groups in total. The first kappa shape index (κ1) is 22.2. The van der Waals surface area contributed by atoms with Crippen molar-refractivity contribution in [2.24, 2.45) is 0 Å². The number of carboxylic acids is 1. The number of carbonyl (C=O) groups is 1. The molecule has 0 radical (unpaired) electrons. The fraction of sp³-hybridized carbons (Fsp3) is 0.136. The van der Waals surface area contributed by atoms with Gasteiger partial charge in [-0.05, 0) is 17.7 Å². The second-order valence-electron chi connectivity index (χ2n) is 6.92. The summed E-state index contributed by atoms with van der Waals surface area (Å²) in [5.41, 5.74) is -0.151. The third-order valence-corrected chi connectivity index (χ3v) is 4.94. The summed E-state index contributed by atoms with van der Waals surface area (Å²) >= 11 is 0. The molecule has 0 atom stereocenters. The number of hydrogen-bond acceptors (Lipinski definition) is 4. The Morgan fingerprint density at radius 1 is 0.939 bits per heavy atom. The zero-order chi connectivity index (χ0) is 23.9. The number of hydrogen-bond donors (Lipinski definition) is 2. The Hall–Kier alpha value is -4.02. The SMILES string of the molecule is O=C(O)Cc1ccc(-n2cc3c(OC(F)F)c4ccccc4c(OC(F)F)c3c2O)cc1F. The van der Waals surface area contributed by atoms with Crippen molar-refractivity contribution < 1.29 is 46.4 Å². The molecule has 4 rings (SSSR count). The van der Waals surface area contributed by atoms with Crippen LogP contribution in [0.2, 0.25) is 0 Å². The van der Waals surface area contributed by atoms with E-state index in [1.165, 1.54) is 36.4 Å². The van der Waals surface area contributed by atoms with Gasteiger partial charge in [0.1, 0.15) is 17.3 Å². The molecule has 3 aromatic carbocycles. The van der Waals surface area contributed by atoms with Crippen LogP contribution in [0.25, 0.3) is 27.2 Å². The quantitative estimate of drug-likeness (QED) is 0.353. The number of aliphatic carboxylic acids is 1. The number of nitrogens with zero attached hydrogens (tertiary/aromatic N) is 1. The van der Waals surface area contributed by atoms with Crippen LogP contribution in [-0.4, -0.2) is 34.0 Å². The Labute approximate surface area is 182 Å². The van der Waals surface area contributed by atoms with Crippen molar-refractivity contribution in [2.45, 2.75) is 19.6 Å². The largest absolute Gasteiger partial charge is 0.494 e. The standard InChI is InChI=1S/C22H14F5NO5/c23-15-8-11(6-5-10(15)7-16(29)30)28-9-14-17(20(28)31)19(33-22(26)27)13-4-2-1-3-12(13)18(14)32-21(24)25/h1-6,8-9,21-22,31H,7H2,(H,29,30). The zero-order valence-electron chi connectivity index (χ0n) is 16.4. The highest BCUT2D eigenvalue weighted by atomic mass is 19.3. The third-order valence-electron chi connectivity index (χ3n) is 4.94. The third kappa shape index (κ3) is 4.09. The Bertz CT molecular complexity index is 1370. The summed E-state index contributed by atoms with van der Waals surface area (Å²) in [6.07, 6.45) is 0.523. The lowest BCUT2D eigenvalue weighted by Crippen LogP contribution is -2.06. The molecule has 0 saturated carbocycles. The number of aromatic hydroxyl groups is 1. The summed E-state index contributed by atoms with van der Waals surface area (Å²) in [6, 6.07) is 9.00. The molecule has 0 spiro atoms. The van der Waals surface area contributed by atoms with Crippen LogP contribution >= 0.6 is 0 Å². The van der Waals surface area contributed by atoms with Crippen molar-refractivity contribution in [1.82, 2.24) is 4.57 Å². The number of alkyl halides is 4. The molecule has 33 heavy (non-hydrogen) atoms. The van der Waals surface area contributed by atoms with Gasteiger partial charge in [0.25, 0.3) is 0 Å². The number of ether oxygens (including phenoxy) is 2. The molecule has 0 amide bonds. The summed E-state index contributed by atoms with van der Waals surface area (Å²) in [7, 11) is 0. The van der Waals surface area contributed by atoms with Crippen LogP contribution in [0.1, 0.15) is 5.56 Å². The van der Waals surface area contributed by atoms with Crippen LogP contribution in [-0.2, 0) is 11.2 Å². The van der Waals surface area contributed by atoms with Gasteiger partial charge in [-0.3, -0.25) is 9.36 Å². The van der Waals surface area contributed by atoms with Crippen molar-refractivity contribution >= 4 is 27.5 Å². The van der Waals surface area contributed by atoms with E-state index in [1.807, 2.05) is 0 Å². The fourth-order valence-corrected chi connectivity index (χ4v) is 3.67. The Kier molecular flexibility index (Phi) is 5.71. The van der Waals surface area contributed by atoms with Crippen LogP contribution in [0.15, 0.2) is 48.7 Å². The van der Waals surface area contributed by atoms with Gasteiger partial charge in [0, 0.05) is 17.0 Å². The van der Waals surface area contributed by atoms with E-state index >= 15 is 0 Å². The Morgan fingerprint density at radius 3 is 2.12 bits per heavy atom. The average Bonchev–Trinajstić information content (AvgIpc) is 3.08. The maximum Gasteiger partial charge on any atom is 0.387 e. The molecule has 0 unspecified atom stereocenters. The average molecular weight is 467 g/mol. The highest BCUT2D eigenvalue weighted by Crippen LogP contribution is 2.48. The van der Waals surface area contributed by atoms with E-state index in [1.54, 1.807) is 0 Å². The monoisotopic (exact) mass is 467 g/mol. The van der Waals surface area contributed by atoms with Crippen LogP contribution < -0.4 is 9.47 Å². The smallest absolute Gasteiger partial charge is 0.387 e. The predicted molar refractivity (Wildman–Crippen MR) is 107 cm³/mol.